The fourth-order valence-electron chi connectivity index (χ4n) is 1.07. The minimum absolute atomic E-state index is 0. The average Bonchev–Trinajstić information content (AvgIpc) is 2.35. The van der Waals surface area contributed by atoms with E-state index in [1.807, 2.05) is 0 Å². The largest absolute Gasteiger partial charge is 0.382 e. The first-order valence-corrected chi connectivity index (χ1v) is 2.90. The minimum atomic E-state index is 0. The highest BCUT2D eigenvalue weighted by atomic mass is 35.5. The SMILES string of the molecule is Cl.Nc1n[nH]c2c1CNC2. The second-order valence-electron chi connectivity index (χ2n) is 2.17. The van der Waals surface area contributed by atoms with Crippen LogP contribution in [0, 0.1) is 0 Å². The molecule has 0 amide bonds. The van der Waals surface area contributed by atoms with Crippen LogP contribution in [0.2, 0.25) is 0 Å². The molecule has 2 heterocycles. The van der Waals surface area contributed by atoms with E-state index in [1.54, 1.807) is 0 Å². The van der Waals surface area contributed by atoms with Crippen LogP contribution in [0.4, 0.5) is 5.82 Å². The Hall–Kier alpha value is -0.740. The number of anilines is 1. The van der Waals surface area contributed by atoms with Crippen LogP contribution in [0.5, 0.6) is 0 Å². The van der Waals surface area contributed by atoms with Crippen molar-refractivity contribution >= 4 is 18.2 Å². The van der Waals surface area contributed by atoms with Gasteiger partial charge in [-0.25, -0.2) is 0 Å². The van der Waals surface area contributed by atoms with Crippen LogP contribution < -0.4 is 11.1 Å². The summed E-state index contributed by atoms with van der Waals surface area (Å²) in [6.07, 6.45) is 0. The molecule has 0 fully saturated rings. The molecule has 5 heteroatoms. The number of aromatic amines is 1. The summed E-state index contributed by atoms with van der Waals surface area (Å²) in [5, 5.41) is 9.86. The third kappa shape index (κ3) is 0.853. The van der Waals surface area contributed by atoms with E-state index in [4.69, 9.17) is 5.73 Å². The van der Waals surface area contributed by atoms with E-state index in [-0.39, 0.29) is 12.4 Å². The smallest absolute Gasteiger partial charge is 0.150 e. The number of hydrogen-bond donors (Lipinski definition) is 3. The van der Waals surface area contributed by atoms with Crippen molar-refractivity contribution in [1.82, 2.24) is 15.5 Å². The molecule has 1 aliphatic rings. The molecule has 10 heavy (non-hydrogen) atoms. The van der Waals surface area contributed by atoms with Crippen molar-refractivity contribution in [3.8, 4) is 0 Å². The summed E-state index contributed by atoms with van der Waals surface area (Å²) in [7, 11) is 0. The second-order valence-corrected chi connectivity index (χ2v) is 2.17. The number of aromatic nitrogens is 2. The summed E-state index contributed by atoms with van der Waals surface area (Å²) in [6, 6.07) is 0. The number of nitrogens with zero attached hydrogens (tertiary/aromatic N) is 1. The number of rotatable bonds is 0. The third-order valence-electron chi connectivity index (χ3n) is 1.59. The zero-order valence-corrected chi connectivity index (χ0v) is 6.16. The van der Waals surface area contributed by atoms with Gasteiger partial charge in [-0.1, -0.05) is 0 Å². The van der Waals surface area contributed by atoms with Gasteiger partial charge in [0.25, 0.3) is 0 Å². The van der Waals surface area contributed by atoms with Gasteiger partial charge in [0.1, 0.15) is 5.82 Å². The lowest BCUT2D eigenvalue weighted by Gasteiger charge is -1.86. The Kier molecular flexibility index (Phi) is 1.82. The van der Waals surface area contributed by atoms with Crippen LogP contribution in [0.1, 0.15) is 11.3 Å². The molecule has 2 rings (SSSR count). The maximum Gasteiger partial charge on any atom is 0.150 e. The van der Waals surface area contributed by atoms with Gasteiger partial charge >= 0.3 is 0 Å². The van der Waals surface area contributed by atoms with Gasteiger partial charge in [-0.05, 0) is 0 Å². The van der Waals surface area contributed by atoms with Crippen LogP contribution in [-0.2, 0) is 13.1 Å². The van der Waals surface area contributed by atoms with E-state index in [1.165, 1.54) is 0 Å². The predicted octanol–water partition coefficient (Wildman–Crippen LogP) is 0.0169. The molecule has 0 aliphatic carbocycles. The van der Waals surface area contributed by atoms with Gasteiger partial charge in [0.2, 0.25) is 0 Å². The van der Waals surface area contributed by atoms with Crippen molar-refractivity contribution in [2.75, 3.05) is 5.73 Å². The Morgan fingerprint density at radius 2 is 2.20 bits per heavy atom. The molecule has 0 atom stereocenters. The number of fused-ring (bicyclic) bond motifs is 1. The van der Waals surface area contributed by atoms with Crippen molar-refractivity contribution in [3.05, 3.63) is 11.3 Å². The molecule has 1 aromatic rings. The summed E-state index contributed by atoms with van der Waals surface area (Å²) < 4.78 is 0. The number of H-pyrrole nitrogens is 1. The van der Waals surface area contributed by atoms with Crippen molar-refractivity contribution < 1.29 is 0 Å². The van der Waals surface area contributed by atoms with Gasteiger partial charge in [-0.15, -0.1) is 12.4 Å². The van der Waals surface area contributed by atoms with Gasteiger partial charge < -0.3 is 11.1 Å². The van der Waals surface area contributed by atoms with Crippen molar-refractivity contribution in [2.24, 2.45) is 0 Å². The summed E-state index contributed by atoms with van der Waals surface area (Å²) in [4.78, 5) is 0. The zero-order chi connectivity index (χ0) is 6.27. The van der Waals surface area contributed by atoms with E-state index >= 15 is 0 Å². The number of nitrogens with one attached hydrogen (secondary N) is 2. The first-order chi connectivity index (χ1) is 4.38. The monoisotopic (exact) mass is 160 g/mol. The average molecular weight is 161 g/mol. The summed E-state index contributed by atoms with van der Waals surface area (Å²) in [6.45, 7) is 1.73. The minimum Gasteiger partial charge on any atom is -0.382 e. The van der Waals surface area contributed by atoms with E-state index in [0.29, 0.717) is 5.82 Å². The number of nitrogens with two attached hydrogens (primary N) is 1. The maximum absolute atomic E-state index is 5.51. The fourth-order valence-corrected chi connectivity index (χ4v) is 1.07. The summed E-state index contributed by atoms with van der Waals surface area (Å²) in [5.41, 5.74) is 7.78. The third-order valence-corrected chi connectivity index (χ3v) is 1.59. The van der Waals surface area contributed by atoms with Crippen LogP contribution in [0.25, 0.3) is 0 Å². The van der Waals surface area contributed by atoms with Crippen LogP contribution in [0.3, 0.4) is 0 Å². The molecule has 1 aliphatic heterocycles. The zero-order valence-electron chi connectivity index (χ0n) is 5.35. The maximum atomic E-state index is 5.51. The molecule has 1 aromatic heterocycles. The molecular weight excluding hydrogens is 152 g/mol. The Bertz CT molecular complexity index is 232. The summed E-state index contributed by atoms with van der Waals surface area (Å²) in [5.74, 6) is 0.634. The second kappa shape index (κ2) is 2.48. The molecule has 0 spiro atoms. The molecule has 0 aromatic carbocycles. The van der Waals surface area contributed by atoms with Crippen LogP contribution in [0.15, 0.2) is 0 Å². The Labute approximate surface area is 64.6 Å². The fraction of sp³-hybridized carbons (Fsp3) is 0.400. The summed E-state index contributed by atoms with van der Waals surface area (Å²) >= 11 is 0. The normalized spacial score (nSPS) is 14.4. The van der Waals surface area contributed by atoms with Crippen LogP contribution in [-0.4, -0.2) is 10.2 Å². The number of nitrogen functional groups attached to an aromatic ring is 1. The Morgan fingerprint density at radius 1 is 1.40 bits per heavy atom. The molecule has 56 valence electrons. The van der Waals surface area contributed by atoms with E-state index in [9.17, 15) is 0 Å². The van der Waals surface area contributed by atoms with Crippen molar-refractivity contribution in [3.63, 3.8) is 0 Å². The first kappa shape index (κ1) is 7.37. The first-order valence-electron chi connectivity index (χ1n) is 2.90. The lowest BCUT2D eigenvalue weighted by atomic mass is 10.3. The van der Waals surface area contributed by atoms with Gasteiger partial charge in [0, 0.05) is 18.7 Å². The number of halogens is 1. The van der Waals surface area contributed by atoms with Gasteiger partial charge in [0.05, 0.1) is 5.69 Å². The molecule has 0 unspecified atom stereocenters. The Balaban J connectivity index is 0.000000500. The lowest BCUT2D eigenvalue weighted by Crippen LogP contribution is -2.03. The highest BCUT2D eigenvalue weighted by Crippen LogP contribution is 2.17. The molecule has 0 saturated carbocycles. The Morgan fingerprint density at radius 3 is 2.90 bits per heavy atom. The lowest BCUT2D eigenvalue weighted by molar-refractivity contribution is 0.743. The highest BCUT2D eigenvalue weighted by Gasteiger charge is 2.14. The topological polar surface area (TPSA) is 66.7 Å². The molecule has 0 radical (unpaired) electrons. The number of hydrogen-bond acceptors (Lipinski definition) is 3. The van der Waals surface area contributed by atoms with Crippen molar-refractivity contribution in [1.29, 1.82) is 0 Å². The van der Waals surface area contributed by atoms with Gasteiger partial charge in [0.15, 0.2) is 0 Å². The molecule has 4 nitrogen and oxygen atoms in total. The van der Waals surface area contributed by atoms with E-state index in [2.05, 4.69) is 15.5 Å². The van der Waals surface area contributed by atoms with Gasteiger partial charge in [-0.3, -0.25) is 5.10 Å². The van der Waals surface area contributed by atoms with E-state index in [0.717, 1.165) is 24.3 Å². The molecule has 0 bridgehead atoms. The quantitative estimate of drug-likeness (QED) is 0.501. The van der Waals surface area contributed by atoms with Crippen LogP contribution >= 0.6 is 12.4 Å². The highest BCUT2D eigenvalue weighted by molar-refractivity contribution is 5.85. The molecular formula is C5H9ClN4. The standard InChI is InChI=1S/C5H8N4.ClH/c6-5-3-1-7-2-4(3)8-9-5;/h7H,1-2H2,(H3,6,8,9);1H. The molecule has 4 N–H and O–H groups in total. The predicted molar refractivity (Wildman–Crippen MR) is 40.8 cm³/mol. The van der Waals surface area contributed by atoms with E-state index < -0.39 is 0 Å². The molecule has 0 saturated heterocycles. The van der Waals surface area contributed by atoms with Gasteiger partial charge in [-0.2, -0.15) is 5.10 Å². The van der Waals surface area contributed by atoms with Crippen molar-refractivity contribution in [2.45, 2.75) is 13.1 Å².